The highest BCUT2D eigenvalue weighted by molar-refractivity contribution is 5.73. The molecule has 20 heavy (non-hydrogen) atoms. The molecular formula is C13H14FN3O3. The summed E-state index contributed by atoms with van der Waals surface area (Å²) < 4.78 is 19.4. The van der Waals surface area contributed by atoms with Crippen LogP contribution in [0.25, 0.3) is 0 Å². The second-order valence-corrected chi connectivity index (χ2v) is 5.51. The Labute approximate surface area is 114 Å². The number of rotatable bonds is 2. The molecule has 0 aromatic heterocycles. The van der Waals surface area contributed by atoms with Crippen molar-refractivity contribution in [2.75, 3.05) is 6.61 Å². The number of nitro groups is 1. The largest absolute Gasteiger partial charge is 0.465 e. The molecule has 1 atom stereocenters. The SMILES string of the molecule is C[C@]1(c2cc([N+](=O)[O-])ccc2F)N=C(N)OCC12CC2. The minimum atomic E-state index is -0.925. The van der Waals surface area contributed by atoms with Gasteiger partial charge in [-0.1, -0.05) is 0 Å². The minimum absolute atomic E-state index is 0.00377. The zero-order chi connectivity index (χ0) is 14.5. The Bertz CT molecular complexity index is 627. The highest BCUT2D eigenvalue weighted by atomic mass is 19.1. The molecule has 0 saturated heterocycles. The summed E-state index contributed by atoms with van der Waals surface area (Å²) in [6.45, 7) is 2.12. The van der Waals surface area contributed by atoms with Gasteiger partial charge in [-0.05, 0) is 25.8 Å². The third-order valence-electron chi connectivity index (χ3n) is 4.40. The molecule has 1 aliphatic heterocycles. The van der Waals surface area contributed by atoms with Crippen molar-refractivity contribution < 1.29 is 14.1 Å². The number of aliphatic imine (C=N–C) groups is 1. The Hall–Kier alpha value is -2.18. The Morgan fingerprint density at radius 1 is 1.50 bits per heavy atom. The van der Waals surface area contributed by atoms with Crippen molar-refractivity contribution in [2.45, 2.75) is 25.3 Å². The molecular weight excluding hydrogens is 265 g/mol. The molecule has 1 heterocycles. The van der Waals surface area contributed by atoms with E-state index in [-0.39, 0.29) is 22.7 Å². The smallest absolute Gasteiger partial charge is 0.282 e. The number of hydrogen-bond donors (Lipinski definition) is 1. The van der Waals surface area contributed by atoms with Crippen LogP contribution in [0.5, 0.6) is 0 Å². The lowest BCUT2D eigenvalue weighted by atomic mass is 9.76. The summed E-state index contributed by atoms with van der Waals surface area (Å²) in [5.41, 5.74) is 4.43. The van der Waals surface area contributed by atoms with Crippen LogP contribution < -0.4 is 5.73 Å². The molecule has 7 heteroatoms. The average Bonchev–Trinajstić information content (AvgIpc) is 3.16. The zero-order valence-electron chi connectivity index (χ0n) is 10.9. The number of amidine groups is 1. The number of non-ortho nitro benzene ring substituents is 1. The number of hydrogen-bond acceptors (Lipinski definition) is 5. The third-order valence-corrected chi connectivity index (χ3v) is 4.40. The molecule has 1 fully saturated rings. The quantitative estimate of drug-likeness (QED) is 0.662. The van der Waals surface area contributed by atoms with E-state index < -0.39 is 16.3 Å². The van der Waals surface area contributed by atoms with Crippen LogP contribution in [0.15, 0.2) is 23.2 Å². The van der Waals surface area contributed by atoms with Crippen LogP contribution in [0.1, 0.15) is 25.3 Å². The van der Waals surface area contributed by atoms with E-state index in [1.165, 1.54) is 6.07 Å². The van der Waals surface area contributed by atoms with Crippen LogP contribution in [0.4, 0.5) is 10.1 Å². The fraction of sp³-hybridized carbons (Fsp3) is 0.462. The molecule has 0 radical (unpaired) electrons. The molecule has 0 unspecified atom stereocenters. The van der Waals surface area contributed by atoms with Crippen LogP contribution >= 0.6 is 0 Å². The number of nitrogens with zero attached hydrogens (tertiary/aromatic N) is 2. The number of nitrogens with two attached hydrogens (primary N) is 1. The maximum atomic E-state index is 14.2. The summed E-state index contributed by atoms with van der Waals surface area (Å²) in [6, 6.07) is 3.50. The second-order valence-electron chi connectivity index (χ2n) is 5.51. The molecule has 1 aromatic rings. The monoisotopic (exact) mass is 279 g/mol. The number of benzene rings is 1. The Kier molecular flexibility index (Phi) is 2.51. The first-order valence-electron chi connectivity index (χ1n) is 6.31. The van der Waals surface area contributed by atoms with Crippen molar-refractivity contribution >= 4 is 11.7 Å². The average molecular weight is 279 g/mol. The molecule has 3 rings (SSSR count). The van der Waals surface area contributed by atoms with Crippen molar-refractivity contribution in [3.8, 4) is 0 Å². The molecule has 106 valence electrons. The van der Waals surface area contributed by atoms with Crippen LogP contribution in [0.2, 0.25) is 0 Å². The van der Waals surface area contributed by atoms with Gasteiger partial charge in [0, 0.05) is 23.1 Å². The summed E-state index contributed by atoms with van der Waals surface area (Å²) in [5.74, 6) is -0.511. The fourth-order valence-electron chi connectivity index (χ4n) is 2.85. The topological polar surface area (TPSA) is 90.8 Å². The predicted molar refractivity (Wildman–Crippen MR) is 69.6 cm³/mol. The normalized spacial score (nSPS) is 26.8. The van der Waals surface area contributed by atoms with Crippen molar-refractivity contribution in [1.29, 1.82) is 0 Å². The van der Waals surface area contributed by atoms with Gasteiger partial charge < -0.3 is 10.5 Å². The molecule has 2 aliphatic rings. The summed E-state index contributed by atoms with van der Waals surface area (Å²) in [5, 5.41) is 10.9. The molecule has 0 amide bonds. The molecule has 1 saturated carbocycles. The molecule has 2 N–H and O–H groups in total. The highest BCUT2D eigenvalue weighted by Gasteiger charge is 2.61. The van der Waals surface area contributed by atoms with Crippen LogP contribution in [0.3, 0.4) is 0 Å². The first-order chi connectivity index (χ1) is 9.38. The van der Waals surface area contributed by atoms with Gasteiger partial charge in [0.1, 0.15) is 11.4 Å². The van der Waals surface area contributed by atoms with E-state index in [1.807, 2.05) is 0 Å². The number of nitro benzene ring substituents is 1. The van der Waals surface area contributed by atoms with E-state index >= 15 is 0 Å². The van der Waals surface area contributed by atoms with Gasteiger partial charge in [0.2, 0.25) is 0 Å². The first-order valence-corrected chi connectivity index (χ1v) is 6.31. The van der Waals surface area contributed by atoms with Gasteiger partial charge in [-0.15, -0.1) is 0 Å². The standard InChI is InChI=1S/C13H14FN3O3/c1-12(13(4-5-13)7-20-11(15)16-12)9-6-8(17(18)19)2-3-10(9)14/h2-3,6H,4-5,7H2,1H3,(H2,15,16)/t12-/m1/s1. The van der Waals surface area contributed by atoms with E-state index in [9.17, 15) is 14.5 Å². The van der Waals surface area contributed by atoms with Crippen molar-refractivity contribution in [3.63, 3.8) is 0 Å². The fourth-order valence-corrected chi connectivity index (χ4v) is 2.85. The minimum Gasteiger partial charge on any atom is -0.465 e. The van der Waals surface area contributed by atoms with Crippen LogP contribution in [-0.4, -0.2) is 17.6 Å². The van der Waals surface area contributed by atoms with Crippen LogP contribution in [0, 0.1) is 21.3 Å². The Morgan fingerprint density at radius 3 is 2.80 bits per heavy atom. The van der Waals surface area contributed by atoms with E-state index in [2.05, 4.69) is 4.99 Å². The van der Waals surface area contributed by atoms with Crippen molar-refractivity contribution in [1.82, 2.24) is 0 Å². The van der Waals surface area contributed by atoms with Crippen molar-refractivity contribution in [2.24, 2.45) is 16.1 Å². The lowest BCUT2D eigenvalue weighted by molar-refractivity contribution is -0.385. The molecule has 1 aliphatic carbocycles. The van der Waals surface area contributed by atoms with Gasteiger partial charge in [0.15, 0.2) is 0 Å². The summed E-state index contributed by atoms with van der Waals surface area (Å²) in [4.78, 5) is 14.6. The maximum absolute atomic E-state index is 14.2. The lowest BCUT2D eigenvalue weighted by Crippen LogP contribution is -2.43. The van der Waals surface area contributed by atoms with Gasteiger partial charge >= 0.3 is 0 Å². The van der Waals surface area contributed by atoms with E-state index in [0.29, 0.717) is 6.61 Å². The first kappa shape index (κ1) is 12.8. The second kappa shape index (κ2) is 3.91. The van der Waals surface area contributed by atoms with Crippen molar-refractivity contribution in [3.05, 3.63) is 39.7 Å². The van der Waals surface area contributed by atoms with E-state index in [1.54, 1.807) is 6.92 Å². The number of ether oxygens (including phenoxy) is 1. The Morgan fingerprint density at radius 2 is 2.20 bits per heavy atom. The molecule has 1 aromatic carbocycles. The molecule has 0 bridgehead atoms. The summed E-state index contributed by atoms with van der Waals surface area (Å²) >= 11 is 0. The maximum Gasteiger partial charge on any atom is 0.282 e. The van der Waals surface area contributed by atoms with Gasteiger partial charge in [0.05, 0.1) is 11.5 Å². The van der Waals surface area contributed by atoms with E-state index in [4.69, 9.17) is 10.5 Å². The Balaban J connectivity index is 2.17. The summed E-state index contributed by atoms with van der Waals surface area (Å²) in [7, 11) is 0. The lowest BCUT2D eigenvalue weighted by Gasteiger charge is -2.38. The van der Waals surface area contributed by atoms with Gasteiger partial charge in [-0.25, -0.2) is 9.38 Å². The van der Waals surface area contributed by atoms with E-state index in [0.717, 1.165) is 25.0 Å². The highest BCUT2D eigenvalue weighted by Crippen LogP contribution is 2.62. The predicted octanol–water partition coefficient (Wildman–Crippen LogP) is 2.07. The van der Waals surface area contributed by atoms with Gasteiger partial charge in [-0.2, -0.15) is 0 Å². The van der Waals surface area contributed by atoms with Gasteiger partial charge in [0.25, 0.3) is 11.7 Å². The summed E-state index contributed by atoms with van der Waals surface area (Å²) in [6.07, 6.45) is 1.67. The number of halogens is 1. The van der Waals surface area contributed by atoms with Gasteiger partial charge in [-0.3, -0.25) is 10.1 Å². The molecule has 6 nitrogen and oxygen atoms in total. The zero-order valence-corrected chi connectivity index (χ0v) is 10.9. The van der Waals surface area contributed by atoms with Crippen LogP contribution in [-0.2, 0) is 10.3 Å². The molecule has 1 spiro atoms. The third kappa shape index (κ3) is 1.65.